The Labute approximate surface area is 134 Å². The van der Waals surface area contributed by atoms with Crippen LogP contribution >= 0.6 is 0 Å². The highest BCUT2D eigenvalue weighted by Gasteiger charge is 2.16. The third-order valence-electron chi connectivity index (χ3n) is 4.04. The molecule has 0 aliphatic rings. The van der Waals surface area contributed by atoms with Crippen LogP contribution in [-0.2, 0) is 0 Å². The number of aliphatic hydroxyl groups excluding tert-OH is 1. The Hall–Kier alpha value is -1.48. The van der Waals surface area contributed by atoms with Gasteiger partial charge in [0.25, 0.3) is 0 Å². The van der Waals surface area contributed by atoms with Crippen molar-refractivity contribution in [1.82, 2.24) is 0 Å². The maximum atomic E-state index is 10.3. The molecule has 0 spiro atoms. The fraction of sp³-hybridized carbons (Fsp3) is 0.579. The molecular weight excluding hydrogens is 276 g/mol. The molecular formula is C19H30O3. The number of hydrogen-bond acceptors (Lipinski definition) is 3. The molecule has 0 fully saturated rings. The smallest absolute Gasteiger partial charge is 0.125 e. The highest BCUT2D eigenvalue weighted by atomic mass is 16.5. The van der Waals surface area contributed by atoms with E-state index in [0.717, 1.165) is 24.8 Å². The molecule has 1 rings (SSSR count). The molecule has 0 saturated carbocycles. The molecule has 1 aromatic rings. The molecule has 3 nitrogen and oxygen atoms in total. The number of unbranched alkanes of at least 4 members (excludes halogenated alkanes) is 6. The minimum Gasteiger partial charge on any atom is -0.507 e. The van der Waals surface area contributed by atoms with E-state index in [4.69, 9.17) is 4.74 Å². The van der Waals surface area contributed by atoms with Gasteiger partial charge in [0.05, 0.1) is 13.2 Å². The van der Waals surface area contributed by atoms with Crippen LogP contribution in [0.2, 0.25) is 0 Å². The van der Waals surface area contributed by atoms with E-state index in [1.54, 1.807) is 13.2 Å². The summed E-state index contributed by atoms with van der Waals surface area (Å²) >= 11 is 0. The number of aromatic hydroxyl groups is 1. The minimum absolute atomic E-state index is 0.119. The molecule has 0 aliphatic heterocycles. The normalized spacial score (nSPS) is 12.1. The average Bonchev–Trinajstić information content (AvgIpc) is 2.49. The first-order valence-corrected chi connectivity index (χ1v) is 8.26. The van der Waals surface area contributed by atoms with Gasteiger partial charge in [0, 0.05) is 11.6 Å². The molecule has 22 heavy (non-hydrogen) atoms. The second kappa shape index (κ2) is 10.3. The standard InChI is InChI=1S/C19H30O3/c1-4-5-6-7-8-9-10-11-12-17(20)19-15(2)13-16(22-3)14-18(19)21/h4,13-14,17,20-21H,1,5-12H2,2-3H3. The molecule has 2 N–H and O–H groups in total. The van der Waals surface area contributed by atoms with Gasteiger partial charge in [0.15, 0.2) is 0 Å². The summed E-state index contributed by atoms with van der Waals surface area (Å²) in [6, 6.07) is 3.41. The molecule has 0 bridgehead atoms. The van der Waals surface area contributed by atoms with Gasteiger partial charge in [-0.1, -0.05) is 38.2 Å². The number of aryl methyl sites for hydroxylation is 1. The van der Waals surface area contributed by atoms with Crippen molar-refractivity contribution in [2.24, 2.45) is 0 Å². The number of methoxy groups -OCH3 is 1. The Morgan fingerprint density at radius 1 is 1.14 bits per heavy atom. The van der Waals surface area contributed by atoms with Crippen molar-refractivity contribution < 1.29 is 14.9 Å². The van der Waals surface area contributed by atoms with Gasteiger partial charge in [-0.2, -0.15) is 0 Å². The average molecular weight is 306 g/mol. The number of rotatable bonds is 11. The number of allylic oxidation sites excluding steroid dienone is 1. The molecule has 0 radical (unpaired) electrons. The van der Waals surface area contributed by atoms with E-state index in [0.29, 0.717) is 17.7 Å². The van der Waals surface area contributed by atoms with E-state index < -0.39 is 6.10 Å². The minimum atomic E-state index is -0.605. The first-order chi connectivity index (χ1) is 10.6. The van der Waals surface area contributed by atoms with Gasteiger partial charge in [-0.3, -0.25) is 0 Å². The number of phenols is 1. The van der Waals surface area contributed by atoms with Crippen molar-refractivity contribution in [1.29, 1.82) is 0 Å². The summed E-state index contributed by atoms with van der Waals surface area (Å²) in [7, 11) is 1.57. The predicted octanol–water partition coefficient (Wildman–Crippen LogP) is 5.05. The summed E-state index contributed by atoms with van der Waals surface area (Å²) in [6.45, 7) is 5.61. The zero-order valence-corrected chi connectivity index (χ0v) is 14.0. The molecule has 0 saturated heterocycles. The van der Waals surface area contributed by atoms with E-state index in [9.17, 15) is 10.2 Å². The molecule has 1 aromatic carbocycles. The second-order valence-electron chi connectivity index (χ2n) is 5.88. The van der Waals surface area contributed by atoms with Crippen LogP contribution in [0, 0.1) is 6.92 Å². The molecule has 0 heterocycles. The Morgan fingerprint density at radius 2 is 1.77 bits per heavy atom. The van der Waals surface area contributed by atoms with Gasteiger partial charge in [0.2, 0.25) is 0 Å². The summed E-state index contributed by atoms with van der Waals surface area (Å²) in [5.41, 5.74) is 1.50. The summed E-state index contributed by atoms with van der Waals surface area (Å²) < 4.78 is 5.12. The fourth-order valence-corrected chi connectivity index (χ4v) is 2.78. The van der Waals surface area contributed by atoms with Gasteiger partial charge in [-0.25, -0.2) is 0 Å². The van der Waals surface area contributed by atoms with Crippen LogP contribution in [0.4, 0.5) is 0 Å². The van der Waals surface area contributed by atoms with Crippen molar-refractivity contribution >= 4 is 0 Å². The predicted molar refractivity (Wildman–Crippen MR) is 91.5 cm³/mol. The number of phenolic OH excluding ortho intramolecular Hbond substituents is 1. The lowest BCUT2D eigenvalue weighted by Crippen LogP contribution is -2.01. The number of ether oxygens (including phenoxy) is 1. The lowest BCUT2D eigenvalue weighted by atomic mass is 9.97. The zero-order valence-electron chi connectivity index (χ0n) is 14.0. The van der Waals surface area contributed by atoms with E-state index >= 15 is 0 Å². The van der Waals surface area contributed by atoms with Crippen LogP contribution in [0.3, 0.4) is 0 Å². The van der Waals surface area contributed by atoms with E-state index in [1.165, 1.54) is 25.7 Å². The van der Waals surface area contributed by atoms with Crippen molar-refractivity contribution in [2.75, 3.05) is 7.11 Å². The Balaban J connectivity index is 2.34. The lowest BCUT2D eigenvalue weighted by Gasteiger charge is -2.16. The fourth-order valence-electron chi connectivity index (χ4n) is 2.78. The lowest BCUT2D eigenvalue weighted by molar-refractivity contribution is 0.159. The Morgan fingerprint density at radius 3 is 2.36 bits per heavy atom. The van der Waals surface area contributed by atoms with Crippen LogP contribution in [0.15, 0.2) is 24.8 Å². The molecule has 3 heteroatoms. The van der Waals surface area contributed by atoms with Crippen molar-refractivity contribution in [3.63, 3.8) is 0 Å². The van der Waals surface area contributed by atoms with Crippen molar-refractivity contribution in [3.8, 4) is 11.5 Å². The van der Waals surface area contributed by atoms with Crippen LogP contribution in [-0.4, -0.2) is 17.3 Å². The largest absolute Gasteiger partial charge is 0.507 e. The third-order valence-corrected chi connectivity index (χ3v) is 4.04. The SMILES string of the molecule is C=CCCCCCCCCC(O)c1c(C)cc(OC)cc1O. The highest BCUT2D eigenvalue weighted by Crippen LogP contribution is 2.34. The molecule has 124 valence electrons. The maximum Gasteiger partial charge on any atom is 0.125 e. The number of hydrogen-bond donors (Lipinski definition) is 2. The summed E-state index contributed by atoms with van der Waals surface area (Å²) in [4.78, 5) is 0. The van der Waals surface area contributed by atoms with Gasteiger partial charge in [0.1, 0.15) is 11.5 Å². The first-order valence-electron chi connectivity index (χ1n) is 8.26. The summed E-state index contributed by atoms with van der Waals surface area (Å²) in [5, 5.41) is 20.4. The van der Waals surface area contributed by atoms with Crippen LogP contribution in [0.5, 0.6) is 11.5 Å². The Bertz CT molecular complexity index is 431. The monoisotopic (exact) mass is 306 g/mol. The van der Waals surface area contributed by atoms with E-state index in [1.807, 2.05) is 19.1 Å². The summed E-state index contributed by atoms with van der Waals surface area (Å²) in [6.07, 6.45) is 10.2. The van der Waals surface area contributed by atoms with Gasteiger partial charge < -0.3 is 14.9 Å². The topological polar surface area (TPSA) is 49.7 Å². The van der Waals surface area contributed by atoms with Gasteiger partial charge in [-0.15, -0.1) is 6.58 Å². The molecule has 1 atom stereocenters. The van der Waals surface area contributed by atoms with Gasteiger partial charge >= 0.3 is 0 Å². The second-order valence-corrected chi connectivity index (χ2v) is 5.88. The quantitative estimate of drug-likeness (QED) is 0.444. The molecule has 0 aliphatic carbocycles. The maximum absolute atomic E-state index is 10.3. The van der Waals surface area contributed by atoms with Crippen LogP contribution in [0.25, 0.3) is 0 Å². The van der Waals surface area contributed by atoms with Crippen LogP contribution < -0.4 is 4.74 Å². The first kappa shape index (κ1) is 18.6. The van der Waals surface area contributed by atoms with E-state index in [2.05, 4.69) is 6.58 Å². The third kappa shape index (κ3) is 6.10. The summed E-state index contributed by atoms with van der Waals surface area (Å²) in [5.74, 6) is 0.735. The number of aliphatic hydroxyl groups is 1. The van der Waals surface area contributed by atoms with Crippen molar-refractivity contribution in [2.45, 2.75) is 64.4 Å². The van der Waals surface area contributed by atoms with Crippen molar-refractivity contribution in [3.05, 3.63) is 35.9 Å². The molecule has 0 aromatic heterocycles. The molecule has 0 amide bonds. The zero-order chi connectivity index (χ0) is 16.4. The Kier molecular flexibility index (Phi) is 8.68. The van der Waals surface area contributed by atoms with Gasteiger partial charge in [-0.05, 0) is 37.8 Å². The molecule has 1 unspecified atom stereocenters. The number of benzene rings is 1. The highest BCUT2D eigenvalue weighted by molar-refractivity contribution is 5.46. The van der Waals surface area contributed by atoms with Crippen LogP contribution in [0.1, 0.15) is 68.6 Å². The van der Waals surface area contributed by atoms with E-state index in [-0.39, 0.29) is 5.75 Å².